The number of hydrogen-bond donors (Lipinski definition) is 0. The highest BCUT2D eigenvalue weighted by atomic mass is 16.5. The summed E-state index contributed by atoms with van der Waals surface area (Å²) in [6.07, 6.45) is 1.93. The van der Waals surface area contributed by atoms with Gasteiger partial charge < -0.3 is 4.74 Å². The summed E-state index contributed by atoms with van der Waals surface area (Å²) in [6.45, 7) is 2.03. The predicted octanol–water partition coefficient (Wildman–Crippen LogP) is 7.47. The van der Waals surface area contributed by atoms with Crippen LogP contribution >= 0.6 is 0 Å². The van der Waals surface area contributed by atoms with Gasteiger partial charge in [0.15, 0.2) is 17.2 Å². The number of rotatable bonds is 12. The molecule has 4 aromatic carbocycles. The smallest absolute Gasteiger partial charge is 0.202 e. The van der Waals surface area contributed by atoms with Crippen LogP contribution in [0, 0.1) is 0 Å². The maximum atomic E-state index is 13.1. The first-order valence-corrected chi connectivity index (χ1v) is 13.3. The van der Waals surface area contributed by atoms with Crippen molar-refractivity contribution in [2.75, 3.05) is 7.11 Å². The molecule has 0 atom stereocenters. The molecule has 0 N–H and O–H groups in total. The van der Waals surface area contributed by atoms with Crippen LogP contribution in [0.2, 0.25) is 0 Å². The summed E-state index contributed by atoms with van der Waals surface area (Å²) < 4.78 is 5.57. The van der Waals surface area contributed by atoms with E-state index in [4.69, 9.17) is 4.74 Å². The lowest BCUT2D eigenvalue weighted by molar-refractivity contribution is 0.00383. The Morgan fingerprint density at radius 2 is 0.875 bits per heavy atom. The fourth-order valence-electron chi connectivity index (χ4n) is 4.29. The zero-order chi connectivity index (χ0) is 28.8. The van der Waals surface area contributed by atoms with Gasteiger partial charge in [-0.05, 0) is 12.8 Å². The monoisotopic (exact) mass is 534 g/mol. The van der Waals surface area contributed by atoms with E-state index in [-0.39, 0.29) is 29.6 Å². The molecule has 0 amide bonds. The van der Waals surface area contributed by atoms with E-state index in [1.54, 1.807) is 97.1 Å². The van der Waals surface area contributed by atoms with Crippen LogP contribution in [0.25, 0.3) is 0 Å². The van der Waals surface area contributed by atoms with Crippen LogP contribution in [-0.2, 0) is 4.74 Å². The quantitative estimate of drug-likeness (QED) is 0.139. The third-order valence-electron chi connectivity index (χ3n) is 6.55. The van der Waals surface area contributed by atoms with Gasteiger partial charge in [-0.2, -0.15) is 0 Å². The lowest BCUT2D eigenvalue weighted by atomic mass is 9.81. The number of methoxy groups -OCH3 is 1. The largest absolute Gasteiger partial charge is 0.362 e. The molecule has 5 nitrogen and oxygen atoms in total. The van der Waals surface area contributed by atoms with Crippen LogP contribution in [0.4, 0.5) is 0 Å². The standard InChI is InChI=1S/C20H22O3.C15H12O2/c1-3-4-15-20(23-2,18(21)16-11-7-5-8-12-16)19(22)17-13-9-6-10-14-17;16-14(12-7-3-1-4-8-12)11-15(17)13-9-5-2-6-10-13/h5-14H,3-4,15H2,1-2H3;1-10H,11H2. The van der Waals surface area contributed by atoms with Crippen LogP contribution in [0.5, 0.6) is 0 Å². The zero-order valence-corrected chi connectivity index (χ0v) is 22.9. The highest BCUT2D eigenvalue weighted by Crippen LogP contribution is 2.28. The van der Waals surface area contributed by atoms with E-state index in [1.807, 2.05) is 31.2 Å². The summed E-state index contributed by atoms with van der Waals surface area (Å²) in [5, 5.41) is 0. The van der Waals surface area contributed by atoms with Crippen LogP contribution in [0.3, 0.4) is 0 Å². The van der Waals surface area contributed by atoms with Crippen LogP contribution < -0.4 is 0 Å². The fourth-order valence-corrected chi connectivity index (χ4v) is 4.29. The minimum atomic E-state index is -1.46. The van der Waals surface area contributed by atoms with Crippen LogP contribution in [0.15, 0.2) is 121 Å². The number of benzene rings is 4. The second kappa shape index (κ2) is 15.2. The minimum absolute atomic E-state index is 0.0754. The Morgan fingerprint density at radius 1 is 0.550 bits per heavy atom. The topological polar surface area (TPSA) is 77.5 Å². The number of unbranched alkanes of at least 4 members (excludes halogenated alkanes) is 1. The molecule has 0 aliphatic heterocycles. The summed E-state index contributed by atoms with van der Waals surface area (Å²) in [5.41, 5.74) is 0.691. The highest BCUT2D eigenvalue weighted by Gasteiger charge is 2.46. The first-order valence-electron chi connectivity index (χ1n) is 13.3. The van der Waals surface area contributed by atoms with Crippen LogP contribution in [0.1, 0.15) is 74.0 Å². The first-order chi connectivity index (χ1) is 19.4. The van der Waals surface area contributed by atoms with Gasteiger partial charge in [0.05, 0.1) is 6.42 Å². The molecule has 0 saturated carbocycles. The van der Waals surface area contributed by atoms with Crippen molar-refractivity contribution in [2.24, 2.45) is 0 Å². The maximum Gasteiger partial charge on any atom is 0.202 e. The van der Waals surface area contributed by atoms with Crippen molar-refractivity contribution in [1.29, 1.82) is 0 Å². The molecule has 0 bridgehead atoms. The van der Waals surface area contributed by atoms with Gasteiger partial charge in [-0.25, -0.2) is 0 Å². The third kappa shape index (κ3) is 7.78. The lowest BCUT2D eigenvalue weighted by Crippen LogP contribution is -2.48. The molecule has 204 valence electrons. The summed E-state index contributed by atoms with van der Waals surface area (Å²) in [4.78, 5) is 49.8. The molecule has 5 heteroatoms. The Morgan fingerprint density at radius 3 is 1.18 bits per heavy atom. The van der Waals surface area contributed by atoms with Crippen molar-refractivity contribution in [3.63, 3.8) is 0 Å². The normalized spacial score (nSPS) is 10.7. The second-order valence-electron chi connectivity index (χ2n) is 9.28. The summed E-state index contributed by atoms with van der Waals surface area (Å²) >= 11 is 0. The van der Waals surface area contributed by atoms with E-state index in [0.717, 1.165) is 12.8 Å². The first kappa shape index (κ1) is 30.1. The number of hydrogen-bond acceptors (Lipinski definition) is 5. The highest BCUT2D eigenvalue weighted by molar-refractivity contribution is 6.22. The van der Waals surface area contributed by atoms with Gasteiger partial charge in [-0.3, -0.25) is 19.2 Å². The molecule has 0 saturated heterocycles. The summed E-state index contributed by atoms with van der Waals surface area (Å²) in [6, 6.07) is 35.5. The molecule has 0 fully saturated rings. The lowest BCUT2D eigenvalue weighted by Gasteiger charge is -2.29. The molecular weight excluding hydrogens is 500 g/mol. The molecule has 4 aromatic rings. The molecule has 40 heavy (non-hydrogen) atoms. The molecule has 0 aromatic heterocycles. The van der Waals surface area contributed by atoms with Crippen molar-refractivity contribution in [2.45, 2.75) is 38.2 Å². The van der Waals surface area contributed by atoms with Gasteiger partial charge in [0, 0.05) is 29.4 Å². The van der Waals surface area contributed by atoms with E-state index >= 15 is 0 Å². The van der Waals surface area contributed by atoms with E-state index < -0.39 is 5.60 Å². The van der Waals surface area contributed by atoms with Gasteiger partial charge in [-0.15, -0.1) is 0 Å². The summed E-state index contributed by atoms with van der Waals surface area (Å²) in [7, 11) is 1.44. The average Bonchev–Trinajstić information content (AvgIpc) is 3.03. The number of carbonyl (C=O) groups is 4. The zero-order valence-electron chi connectivity index (χ0n) is 22.9. The summed E-state index contributed by atoms with van der Waals surface area (Å²) in [5.74, 6) is -0.829. The molecule has 0 radical (unpaired) electrons. The molecular formula is C35H34O5. The number of carbonyl (C=O) groups excluding carboxylic acids is 4. The molecule has 0 spiro atoms. The second-order valence-corrected chi connectivity index (χ2v) is 9.28. The number of ether oxygens (including phenoxy) is 1. The molecule has 0 aliphatic carbocycles. The Kier molecular flexibility index (Phi) is 11.4. The van der Waals surface area contributed by atoms with E-state index in [1.165, 1.54) is 7.11 Å². The number of Topliss-reactive ketones (excluding diaryl/α,β-unsaturated/α-hetero) is 4. The van der Waals surface area contributed by atoms with Crippen molar-refractivity contribution < 1.29 is 23.9 Å². The van der Waals surface area contributed by atoms with Crippen LogP contribution in [-0.4, -0.2) is 35.8 Å². The van der Waals surface area contributed by atoms with E-state index in [9.17, 15) is 19.2 Å². The number of ketones is 4. The van der Waals surface area contributed by atoms with Crippen molar-refractivity contribution in [3.05, 3.63) is 144 Å². The SMILES string of the molecule is CCCCC(OC)(C(=O)c1ccccc1)C(=O)c1ccccc1.O=C(CC(=O)c1ccccc1)c1ccccc1. The van der Waals surface area contributed by atoms with Gasteiger partial charge in [0.25, 0.3) is 0 Å². The molecule has 0 aliphatic rings. The van der Waals surface area contributed by atoms with Gasteiger partial charge in [0.1, 0.15) is 0 Å². The third-order valence-corrected chi connectivity index (χ3v) is 6.55. The minimum Gasteiger partial charge on any atom is -0.362 e. The van der Waals surface area contributed by atoms with Crippen molar-refractivity contribution in [1.82, 2.24) is 0 Å². The van der Waals surface area contributed by atoms with Crippen molar-refractivity contribution in [3.8, 4) is 0 Å². The van der Waals surface area contributed by atoms with E-state index in [2.05, 4.69) is 0 Å². The Hall–Kier alpha value is -4.48. The molecule has 0 heterocycles. The maximum absolute atomic E-state index is 13.1. The van der Waals surface area contributed by atoms with Gasteiger partial charge in [0.2, 0.25) is 11.6 Å². The molecule has 4 rings (SSSR count). The fraction of sp³-hybridized carbons (Fsp3) is 0.200. The van der Waals surface area contributed by atoms with Crippen molar-refractivity contribution >= 4 is 23.1 Å². The van der Waals surface area contributed by atoms with E-state index in [0.29, 0.717) is 28.7 Å². The van der Waals surface area contributed by atoms with Gasteiger partial charge in [-0.1, -0.05) is 135 Å². The predicted molar refractivity (Wildman–Crippen MR) is 157 cm³/mol. The average molecular weight is 535 g/mol. The van der Waals surface area contributed by atoms with Gasteiger partial charge >= 0.3 is 0 Å². The Balaban J connectivity index is 0.000000230. The Labute approximate surface area is 235 Å². The Bertz CT molecular complexity index is 1280. The molecule has 0 unspecified atom stereocenters.